The zero-order valence-corrected chi connectivity index (χ0v) is 19.6. The number of rotatable bonds is 3. The van der Waals surface area contributed by atoms with Gasteiger partial charge in [-0.05, 0) is 42.7 Å². The first-order valence-electron chi connectivity index (χ1n) is 11.6. The topological polar surface area (TPSA) is 79.8 Å². The summed E-state index contributed by atoms with van der Waals surface area (Å²) in [5.74, 6) is 1.00. The molecule has 1 N–H and O–H groups in total. The van der Waals surface area contributed by atoms with Gasteiger partial charge in [-0.15, -0.1) is 0 Å². The summed E-state index contributed by atoms with van der Waals surface area (Å²) in [5.41, 5.74) is 3.36. The van der Waals surface area contributed by atoms with Gasteiger partial charge in [0.1, 0.15) is 29.2 Å². The second-order valence-electron chi connectivity index (χ2n) is 8.70. The molecule has 3 aromatic rings. The van der Waals surface area contributed by atoms with Gasteiger partial charge in [0, 0.05) is 37.1 Å². The summed E-state index contributed by atoms with van der Waals surface area (Å²) < 4.78 is 26.0. The minimum absolute atomic E-state index is 0.278. The molecule has 1 aromatic carbocycles. The van der Waals surface area contributed by atoms with E-state index in [9.17, 15) is 9.18 Å². The Labute approximate surface area is 206 Å². The van der Waals surface area contributed by atoms with Crippen LogP contribution in [0.15, 0.2) is 42.7 Å². The molecule has 5 heterocycles. The first kappa shape index (κ1) is 22.1. The molecule has 1 atom stereocenters. The van der Waals surface area contributed by atoms with E-state index < -0.39 is 11.9 Å². The fourth-order valence-electron chi connectivity index (χ4n) is 4.83. The molecule has 2 amide bonds. The number of nitrogens with one attached hydrogen (secondary N) is 1. The van der Waals surface area contributed by atoms with Gasteiger partial charge in [-0.25, -0.2) is 14.2 Å². The van der Waals surface area contributed by atoms with Crippen molar-refractivity contribution in [1.29, 1.82) is 0 Å². The van der Waals surface area contributed by atoms with Crippen LogP contribution in [0.4, 0.5) is 26.4 Å². The fourth-order valence-corrected chi connectivity index (χ4v) is 5.12. The van der Waals surface area contributed by atoms with Gasteiger partial charge in [0.15, 0.2) is 0 Å². The number of urea groups is 1. The summed E-state index contributed by atoms with van der Waals surface area (Å²) in [6.45, 7) is 3.03. The van der Waals surface area contributed by atoms with Crippen molar-refractivity contribution in [2.45, 2.75) is 25.5 Å². The van der Waals surface area contributed by atoms with Gasteiger partial charge in [0.25, 0.3) is 0 Å². The third kappa shape index (κ3) is 4.04. The molecule has 2 aromatic heterocycles. The van der Waals surface area contributed by atoms with Gasteiger partial charge in [-0.2, -0.15) is 0 Å². The van der Waals surface area contributed by atoms with Crippen molar-refractivity contribution >= 4 is 34.8 Å². The van der Waals surface area contributed by atoms with Crippen LogP contribution in [0.2, 0.25) is 5.02 Å². The lowest BCUT2D eigenvalue weighted by molar-refractivity contribution is 0.122. The number of carbonyl (C=O) groups is 1. The van der Waals surface area contributed by atoms with Gasteiger partial charge >= 0.3 is 6.03 Å². The highest BCUT2D eigenvalue weighted by molar-refractivity contribution is 6.34. The molecule has 0 radical (unpaired) electrons. The number of benzene rings is 1. The van der Waals surface area contributed by atoms with Gasteiger partial charge in [0.05, 0.1) is 36.2 Å². The van der Waals surface area contributed by atoms with Gasteiger partial charge in [-0.3, -0.25) is 9.88 Å². The highest BCUT2D eigenvalue weighted by atomic mass is 35.5. The molecule has 1 saturated heterocycles. The van der Waals surface area contributed by atoms with Crippen molar-refractivity contribution in [3.63, 3.8) is 0 Å². The minimum Gasteiger partial charge on any atom is -0.484 e. The average Bonchev–Trinajstić information content (AvgIpc) is 2.88. The lowest BCUT2D eigenvalue weighted by atomic mass is 9.99. The average molecular weight is 496 g/mol. The van der Waals surface area contributed by atoms with Crippen molar-refractivity contribution < 1.29 is 18.7 Å². The molecule has 3 aliphatic rings. The molecule has 180 valence electrons. The Hall–Kier alpha value is -3.43. The van der Waals surface area contributed by atoms with E-state index in [0.29, 0.717) is 49.1 Å². The Morgan fingerprint density at radius 1 is 1.14 bits per heavy atom. The van der Waals surface area contributed by atoms with E-state index in [1.54, 1.807) is 35.5 Å². The Balaban J connectivity index is 1.33. The molecule has 35 heavy (non-hydrogen) atoms. The molecule has 0 spiro atoms. The number of hydrogen-bond acceptors (Lipinski definition) is 6. The van der Waals surface area contributed by atoms with Crippen molar-refractivity contribution in [2.75, 3.05) is 41.4 Å². The molecule has 1 unspecified atom stereocenters. The normalized spacial score (nSPS) is 19.5. The molecule has 0 saturated carbocycles. The zero-order chi connectivity index (χ0) is 23.9. The first-order valence-corrected chi connectivity index (χ1v) is 11.9. The Morgan fingerprint density at radius 3 is 2.83 bits per heavy atom. The monoisotopic (exact) mass is 495 g/mol. The molecular weight excluding hydrogens is 473 g/mol. The van der Waals surface area contributed by atoms with Crippen molar-refractivity contribution in [2.24, 2.45) is 0 Å². The number of amides is 2. The van der Waals surface area contributed by atoms with Gasteiger partial charge < -0.3 is 19.7 Å². The molecule has 8 nitrogen and oxygen atoms in total. The number of pyridine rings is 2. The molecule has 10 heteroatoms. The molecular formula is C25H23ClFN5O3. The SMILES string of the molecule is O=C1Nc2ccnc(N3CCOCC3)c2CN1c1cc2c(cc1Cl)CCC(c1ncccc1F)O2. The fraction of sp³-hybridized carbons (Fsp3) is 0.320. The highest BCUT2D eigenvalue weighted by Crippen LogP contribution is 2.42. The van der Waals surface area contributed by atoms with Crippen LogP contribution < -0.4 is 19.9 Å². The number of ether oxygens (including phenoxy) is 2. The molecule has 0 aliphatic carbocycles. The lowest BCUT2D eigenvalue weighted by Gasteiger charge is -2.35. The largest absolute Gasteiger partial charge is 0.484 e. The summed E-state index contributed by atoms with van der Waals surface area (Å²) >= 11 is 6.66. The van der Waals surface area contributed by atoms with Crippen LogP contribution >= 0.6 is 11.6 Å². The maximum Gasteiger partial charge on any atom is 0.326 e. The van der Waals surface area contributed by atoms with Gasteiger partial charge in [-0.1, -0.05) is 11.6 Å². The molecule has 1 fully saturated rings. The number of nitrogens with zero attached hydrogens (tertiary/aromatic N) is 4. The first-order chi connectivity index (χ1) is 17.1. The molecule has 6 rings (SSSR count). The molecule has 0 bridgehead atoms. The number of anilines is 3. The minimum atomic E-state index is -0.509. The van der Waals surface area contributed by atoms with Crippen LogP contribution in [0.3, 0.4) is 0 Å². The summed E-state index contributed by atoms with van der Waals surface area (Å²) in [5, 5.41) is 3.42. The summed E-state index contributed by atoms with van der Waals surface area (Å²) in [6.07, 6.45) is 4.00. The number of aryl methyl sites for hydroxylation is 1. The van der Waals surface area contributed by atoms with Crippen molar-refractivity contribution in [1.82, 2.24) is 9.97 Å². The second-order valence-corrected chi connectivity index (χ2v) is 9.11. The second kappa shape index (κ2) is 8.98. The highest BCUT2D eigenvalue weighted by Gasteiger charge is 2.32. The predicted molar refractivity (Wildman–Crippen MR) is 130 cm³/mol. The number of hydrogen-bond donors (Lipinski definition) is 1. The predicted octanol–water partition coefficient (Wildman–Crippen LogP) is 4.72. The number of halogens is 2. The van der Waals surface area contributed by atoms with E-state index in [1.807, 2.05) is 6.07 Å². The van der Waals surface area contributed by atoms with E-state index in [-0.39, 0.29) is 11.7 Å². The maximum absolute atomic E-state index is 14.3. The van der Waals surface area contributed by atoms with Crippen molar-refractivity contribution in [3.8, 4) is 5.75 Å². The third-order valence-electron chi connectivity index (χ3n) is 6.60. The maximum atomic E-state index is 14.3. The van der Waals surface area contributed by atoms with Crippen LogP contribution in [-0.4, -0.2) is 42.3 Å². The Morgan fingerprint density at radius 2 is 2.00 bits per heavy atom. The van der Waals surface area contributed by atoms with Crippen LogP contribution in [0.5, 0.6) is 5.75 Å². The summed E-state index contributed by atoms with van der Waals surface area (Å²) in [6, 6.07) is 8.04. The van der Waals surface area contributed by atoms with E-state index >= 15 is 0 Å². The quantitative estimate of drug-likeness (QED) is 0.566. The number of carbonyl (C=O) groups excluding carboxylic acids is 1. The summed E-state index contributed by atoms with van der Waals surface area (Å²) in [7, 11) is 0. The third-order valence-corrected chi connectivity index (χ3v) is 6.91. The van der Waals surface area contributed by atoms with E-state index in [4.69, 9.17) is 21.1 Å². The van der Waals surface area contributed by atoms with Crippen LogP contribution in [-0.2, 0) is 17.7 Å². The van der Waals surface area contributed by atoms with Crippen LogP contribution in [0.1, 0.15) is 29.3 Å². The molecule has 3 aliphatic heterocycles. The van der Waals surface area contributed by atoms with E-state index in [1.165, 1.54) is 6.07 Å². The van der Waals surface area contributed by atoms with E-state index in [2.05, 4.69) is 20.2 Å². The standard InChI is InChI=1S/C25H23ClFN5O3/c26-17-12-15-3-4-21(23-18(27)2-1-6-28-23)35-22(15)13-20(17)32-14-16-19(30-25(32)33)5-7-29-24(16)31-8-10-34-11-9-31/h1-2,5-7,12-13,21H,3-4,8-11,14H2,(H,30,33). The van der Waals surface area contributed by atoms with Gasteiger partial charge in [0.2, 0.25) is 0 Å². The van der Waals surface area contributed by atoms with E-state index in [0.717, 1.165) is 35.7 Å². The smallest absolute Gasteiger partial charge is 0.326 e. The number of morpholine rings is 1. The zero-order valence-electron chi connectivity index (χ0n) is 18.8. The Kier molecular flexibility index (Phi) is 5.66. The van der Waals surface area contributed by atoms with Crippen LogP contribution in [0, 0.1) is 5.82 Å². The number of aromatic nitrogens is 2. The van der Waals surface area contributed by atoms with Crippen molar-refractivity contribution in [3.05, 3.63) is 70.4 Å². The lowest BCUT2D eigenvalue weighted by Crippen LogP contribution is -2.42. The van der Waals surface area contributed by atoms with Crippen LogP contribution in [0.25, 0.3) is 0 Å². The number of fused-ring (bicyclic) bond motifs is 2. The Bertz CT molecular complexity index is 1300. The summed E-state index contributed by atoms with van der Waals surface area (Å²) in [4.78, 5) is 25.6.